The lowest BCUT2D eigenvalue weighted by Gasteiger charge is -2.19. The zero-order valence-electron chi connectivity index (χ0n) is 32.7. The van der Waals surface area contributed by atoms with Crippen LogP contribution in [0.15, 0.2) is 127 Å². The molecule has 2 heterocycles. The number of thiophene rings is 1. The summed E-state index contributed by atoms with van der Waals surface area (Å²) in [6.07, 6.45) is 11.0. The van der Waals surface area contributed by atoms with E-state index in [9.17, 15) is 0 Å². The molecule has 0 saturated heterocycles. The van der Waals surface area contributed by atoms with E-state index in [0.717, 1.165) is 54.0 Å². The van der Waals surface area contributed by atoms with Gasteiger partial charge >= 0.3 is 0 Å². The molecule has 3 heteroatoms. The number of nitrogens with zero attached hydrogens (tertiary/aromatic N) is 2. The molecule has 0 fully saturated rings. The van der Waals surface area contributed by atoms with Gasteiger partial charge in [0.05, 0.1) is 22.8 Å². The van der Waals surface area contributed by atoms with Crippen molar-refractivity contribution in [3.05, 3.63) is 155 Å². The van der Waals surface area contributed by atoms with Crippen LogP contribution in [-0.4, -0.2) is 9.97 Å². The smallest absolute Gasteiger partial charge is 0.0918 e. The van der Waals surface area contributed by atoms with Gasteiger partial charge in [-0.1, -0.05) is 129 Å². The highest BCUT2D eigenvalue weighted by molar-refractivity contribution is 7.27. The second kappa shape index (κ2) is 16.7. The Hall–Kier alpha value is -5.12. The van der Waals surface area contributed by atoms with E-state index in [4.69, 9.17) is 9.97 Å². The highest BCUT2D eigenvalue weighted by Crippen LogP contribution is 2.47. The van der Waals surface area contributed by atoms with E-state index < -0.39 is 0 Å². The molecule has 0 bridgehead atoms. The summed E-state index contributed by atoms with van der Waals surface area (Å²) in [5.41, 5.74) is 13.4. The molecule has 0 spiro atoms. The highest BCUT2D eigenvalue weighted by Gasteiger charge is 2.21. The number of hydrogen-bond acceptors (Lipinski definition) is 3. The molecular weight excluding hydrogens is 661 g/mol. The Labute approximate surface area is 320 Å². The van der Waals surface area contributed by atoms with Crippen molar-refractivity contribution in [2.45, 2.75) is 81.1 Å². The van der Waals surface area contributed by atoms with Gasteiger partial charge in [0.25, 0.3) is 0 Å². The Morgan fingerprint density at radius 3 is 2.06 bits per heavy atom. The number of benzene rings is 5. The SMILES string of the molecule is C=CCCC(=C(C)C)c1nc(C)c(-c2ccccc2)nc1C.CC.CC1=CCCC=C1c1c(C)c2sc3c4ccccc4ccc3c2c2ccccc12. The van der Waals surface area contributed by atoms with E-state index in [0.29, 0.717) is 0 Å². The molecule has 1 aliphatic carbocycles. The Kier molecular flexibility index (Phi) is 11.9. The summed E-state index contributed by atoms with van der Waals surface area (Å²) in [5, 5.41) is 8.26. The molecule has 268 valence electrons. The van der Waals surface area contributed by atoms with Gasteiger partial charge in [0.15, 0.2) is 0 Å². The number of aromatic nitrogens is 2. The van der Waals surface area contributed by atoms with Crippen LogP contribution in [0.4, 0.5) is 0 Å². The van der Waals surface area contributed by atoms with Crippen LogP contribution in [-0.2, 0) is 0 Å². The number of rotatable bonds is 6. The first kappa shape index (κ1) is 37.6. The van der Waals surface area contributed by atoms with Gasteiger partial charge in [0.2, 0.25) is 0 Å². The van der Waals surface area contributed by atoms with Crippen molar-refractivity contribution in [2.75, 3.05) is 0 Å². The standard InChI is InChI=1S/C28H22S.C20H24N2.C2H6/c1-17-9-3-5-11-20(17)25-18(2)27-26(23-14-8-7-13-22(23)25)24-16-15-19-10-4-6-12-21(19)28(24)29-27;1-6-7-13-18(14(2)3)20-16(5)21-19(15(4)22-20)17-11-9-8-10-12-17;1-2/h4,6-16H,3,5H2,1-2H3;6,8-12H,1,7,13H2,2-5H3;1-2H3. The van der Waals surface area contributed by atoms with Gasteiger partial charge in [-0.15, -0.1) is 17.9 Å². The van der Waals surface area contributed by atoms with E-state index in [-0.39, 0.29) is 0 Å². The van der Waals surface area contributed by atoms with E-state index in [1.165, 1.54) is 75.1 Å². The molecule has 8 rings (SSSR count). The Morgan fingerprint density at radius 2 is 1.36 bits per heavy atom. The molecule has 53 heavy (non-hydrogen) atoms. The van der Waals surface area contributed by atoms with Crippen molar-refractivity contribution in [3.8, 4) is 11.3 Å². The second-order valence-corrected chi connectivity index (χ2v) is 14.9. The first-order chi connectivity index (χ1) is 25.8. The van der Waals surface area contributed by atoms with Crippen LogP contribution in [0.25, 0.3) is 64.1 Å². The minimum Gasteiger partial charge on any atom is -0.249 e. The quantitative estimate of drug-likeness (QED) is 0.160. The molecule has 5 aromatic carbocycles. The molecule has 7 aromatic rings. The Balaban J connectivity index is 0.000000180. The maximum Gasteiger partial charge on any atom is 0.0918 e. The van der Waals surface area contributed by atoms with Gasteiger partial charge in [0.1, 0.15) is 0 Å². The van der Waals surface area contributed by atoms with Crippen molar-refractivity contribution in [1.29, 1.82) is 0 Å². The van der Waals surface area contributed by atoms with Gasteiger partial charge < -0.3 is 0 Å². The van der Waals surface area contributed by atoms with Crippen molar-refractivity contribution < 1.29 is 0 Å². The van der Waals surface area contributed by atoms with Crippen molar-refractivity contribution in [1.82, 2.24) is 9.97 Å². The fourth-order valence-electron chi connectivity index (χ4n) is 7.65. The third kappa shape index (κ3) is 7.41. The Bertz CT molecular complexity index is 2540. The lowest BCUT2D eigenvalue weighted by molar-refractivity contribution is 0.988. The first-order valence-electron chi connectivity index (χ1n) is 19.1. The molecule has 2 nitrogen and oxygen atoms in total. The van der Waals surface area contributed by atoms with Gasteiger partial charge in [0, 0.05) is 25.7 Å². The second-order valence-electron chi connectivity index (χ2n) is 13.9. The predicted octanol–water partition coefficient (Wildman–Crippen LogP) is 15.3. The first-order valence-corrected chi connectivity index (χ1v) is 19.9. The predicted molar refractivity (Wildman–Crippen MR) is 236 cm³/mol. The van der Waals surface area contributed by atoms with E-state index in [1.807, 2.05) is 63.3 Å². The van der Waals surface area contributed by atoms with Gasteiger partial charge in [-0.05, 0) is 117 Å². The summed E-state index contributed by atoms with van der Waals surface area (Å²) in [7, 11) is 0. The van der Waals surface area contributed by atoms with E-state index in [1.54, 1.807) is 0 Å². The molecule has 0 amide bonds. The molecule has 0 saturated carbocycles. The average molecular weight is 713 g/mol. The molecule has 2 aromatic heterocycles. The number of allylic oxidation sites excluding steroid dienone is 7. The maximum atomic E-state index is 4.87. The number of hydrogen-bond donors (Lipinski definition) is 0. The minimum atomic E-state index is 0.959. The topological polar surface area (TPSA) is 25.8 Å². The van der Waals surface area contributed by atoms with Crippen molar-refractivity contribution in [3.63, 3.8) is 0 Å². The van der Waals surface area contributed by atoms with E-state index >= 15 is 0 Å². The van der Waals surface area contributed by atoms with Crippen LogP contribution in [0.2, 0.25) is 0 Å². The van der Waals surface area contributed by atoms with Crippen LogP contribution < -0.4 is 0 Å². The molecular formula is C50H52N2S. The summed E-state index contributed by atoms with van der Waals surface area (Å²) in [6.45, 7) is 20.8. The highest BCUT2D eigenvalue weighted by atomic mass is 32.1. The monoisotopic (exact) mass is 712 g/mol. The molecule has 0 unspecified atom stereocenters. The van der Waals surface area contributed by atoms with Gasteiger partial charge in [-0.25, -0.2) is 9.97 Å². The molecule has 0 radical (unpaired) electrons. The fraction of sp³-hybridized carbons (Fsp3) is 0.240. The minimum absolute atomic E-state index is 0.959. The summed E-state index contributed by atoms with van der Waals surface area (Å²) in [4.78, 5) is 9.70. The largest absolute Gasteiger partial charge is 0.249 e. The van der Waals surface area contributed by atoms with Gasteiger partial charge in [-0.3, -0.25) is 0 Å². The van der Waals surface area contributed by atoms with Crippen LogP contribution in [0.5, 0.6) is 0 Å². The van der Waals surface area contributed by atoms with Gasteiger partial charge in [-0.2, -0.15) is 0 Å². The molecule has 0 N–H and O–H groups in total. The fourth-order valence-corrected chi connectivity index (χ4v) is 9.00. The third-order valence-corrected chi connectivity index (χ3v) is 11.6. The Morgan fingerprint density at radius 1 is 0.698 bits per heavy atom. The molecule has 1 aliphatic rings. The summed E-state index contributed by atoms with van der Waals surface area (Å²) in [6, 6.07) is 32.6. The lowest BCUT2D eigenvalue weighted by atomic mass is 9.85. The summed E-state index contributed by atoms with van der Waals surface area (Å²) in [5.74, 6) is 0. The average Bonchev–Trinajstić information content (AvgIpc) is 3.59. The van der Waals surface area contributed by atoms with Crippen molar-refractivity contribution in [2.24, 2.45) is 0 Å². The zero-order valence-corrected chi connectivity index (χ0v) is 33.5. The molecule has 0 aliphatic heterocycles. The lowest BCUT2D eigenvalue weighted by Crippen LogP contribution is -2.03. The van der Waals surface area contributed by atoms with Crippen LogP contribution in [0.3, 0.4) is 0 Å². The van der Waals surface area contributed by atoms with Crippen LogP contribution >= 0.6 is 11.3 Å². The number of fused-ring (bicyclic) bond motifs is 7. The normalized spacial score (nSPS) is 12.5. The maximum absolute atomic E-state index is 4.87. The number of aryl methyl sites for hydroxylation is 3. The summed E-state index contributed by atoms with van der Waals surface area (Å²) < 4.78 is 2.85. The zero-order chi connectivity index (χ0) is 37.6. The third-order valence-electron chi connectivity index (χ3n) is 10.2. The summed E-state index contributed by atoms with van der Waals surface area (Å²) >= 11 is 1.97. The van der Waals surface area contributed by atoms with Crippen molar-refractivity contribution >= 4 is 64.2 Å². The van der Waals surface area contributed by atoms with Crippen LogP contribution in [0, 0.1) is 20.8 Å². The molecule has 0 atom stereocenters. The van der Waals surface area contributed by atoms with E-state index in [2.05, 4.69) is 119 Å². The van der Waals surface area contributed by atoms with Crippen LogP contribution in [0.1, 0.15) is 88.5 Å².